The number of nitrogens with one attached hydrogen (secondary N) is 1. The molecule has 0 bridgehead atoms. The molecule has 2 aromatic heterocycles. The summed E-state index contributed by atoms with van der Waals surface area (Å²) in [4.78, 5) is 18.1. The van der Waals surface area contributed by atoms with E-state index in [4.69, 9.17) is 5.73 Å². The van der Waals surface area contributed by atoms with Gasteiger partial charge in [0.2, 0.25) is 0 Å². The van der Waals surface area contributed by atoms with Gasteiger partial charge in [0, 0.05) is 18.1 Å². The van der Waals surface area contributed by atoms with Crippen molar-refractivity contribution in [2.45, 2.75) is 19.8 Å². The van der Waals surface area contributed by atoms with Gasteiger partial charge in [0.25, 0.3) is 5.91 Å². The first-order chi connectivity index (χ1) is 10.2. The van der Waals surface area contributed by atoms with Gasteiger partial charge in [-0.15, -0.1) is 11.3 Å². The molecule has 0 radical (unpaired) electrons. The molecule has 4 nitrogen and oxygen atoms in total. The fraction of sp³-hybridized carbons (Fsp3) is 0.467. The average Bonchev–Trinajstić information content (AvgIpc) is 2.84. The Labute approximate surface area is 132 Å². The van der Waals surface area contributed by atoms with Crippen molar-refractivity contribution in [2.24, 2.45) is 5.92 Å². The Hall–Kier alpha value is -1.27. The second-order valence-electron chi connectivity index (χ2n) is 5.42. The van der Waals surface area contributed by atoms with E-state index in [0.717, 1.165) is 22.3 Å². The molecule has 0 unspecified atom stereocenters. The van der Waals surface area contributed by atoms with Gasteiger partial charge in [-0.1, -0.05) is 0 Å². The summed E-state index contributed by atoms with van der Waals surface area (Å²) in [6.07, 6.45) is 4.13. The Morgan fingerprint density at radius 3 is 2.95 bits per heavy atom. The van der Waals surface area contributed by atoms with Crippen LogP contribution in [0.25, 0.3) is 10.2 Å². The average molecular weight is 321 g/mol. The van der Waals surface area contributed by atoms with Gasteiger partial charge in [-0.25, -0.2) is 4.98 Å². The Balaban J connectivity index is 1.75. The number of nitrogens with two attached hydrogens (primary N) is 1. The number of carbonyl (C=O) groups is 1. The van der Waals surface area contributed by atoms with Gasteiger partial charge < -0.3 is 11.1 Å². The number of amides is 1. The SMILES string of the molecule is Cc1ccnc2sc(C(=O)NCC3CCSCC3)c(N)c12. The highest BCUT2D eigenvalue weighted by Crippen LogP contribution is 2.34. The van der Waals surface area contributed by atoms with Crippen molar-refractivity contribution in [2.75, 3.05) is 23.8 Å². The Kier molecular flexibility index (Phi) is 4.35. The minimum Gasteiger partial charge on any atom is -0.397 e. The van der Waals surface area contributed by atoms with Crippen LogP contribution in [-0.2, 0) is 0 Å². The van der Waals surface area contributed by atoms with Crippen LogP contribution < -0.4 is 11.1 Å². The summed E-state index contributed by atoms with van der Waals surface area (Å²) in [5, 5.41) is 3.96. The number of carbonyl (C=O) groups excluding carboxylic acids is 1. The molecule has 2 aromatic rings. The summed E-state index contributed by atoms with van der Waals surface area (Å²) in [5.74, 6) is 2.95. The van der Waals surface area contributed by atoms with E-state index in [1.165, 1.54) is 35.7 Å². The van der Waals surface area contributed by atoms with E-state index in [1.807, 2.05) is 24.8 Å². The van der Waals surface area contributed by atoms with E-state index < -0.39 is 0 Å². The number of aryl methyl sites for hydroxylation is 1. The van der Waals surface area contributed by atoms with Crippen LogP contribution in [0.1, 0.15) is 28.1 Å². The molecule has 1 aliphatic rings. The van der Waals surface area contributed by atoms with E-state index in [-0.39, 0.29) is 5.91 Å². The van der Waals surface area contributed by atoms with Crippen LogP contribution in [0, 0.1) is 12.8 Å². The predicted molar refractivity (Wildman–Crippen MR) is 91.2 cm³/mol. The lowest BCUT2D eigenvalue weighted by Crippen LogP contribution is -2.30. The van der Waals surface area contributed by atoms with Gasteiger partial charge in [0.15, 0.2) is 0 Å². The number of fused-ring (bicyclic) bond motifs is 1. The summed E-state index contributed by atoms with van der Waals surface area (Å²) in [6, 6.07) is 1.92. The summed E-state index contributed by atoms with van der Waals surface area (Å²) < 4.78 is 0. The zero-order chi connectivity index (χ0) is 14.8. The van der Waals surface area contributed by atoms with Crippen LogP contribution in [0.5, 0.6) is 0 Å². The zero-order valence-electron chi connectivity index (χ0n) is 12.0. The van der Waals surface area contributed by atoms with Gasteiger partial charge in [-0.3, -0.25) is 4.79 Å². The molecule has 3 heterocycles. The zero-order valence-corrected chi connectivity index (χ0v) is 13.6. The number of pyridine rings is 1. The monoisotopic (exact) mass is 321 g/mol. The first-order valence-electron chi connectivity index (χ1n) is 7.16. The second kappa shape index (κ2) is 6.23. The highest BCUT2D eigenvalue weighted by molar-refractivity contribution is 7.99. The summed E-state index contributed by atoms with van der Waals surface area (Å²) >= 11 is 3.38. The quantitative estimate of drug-likeness (QED) is 0.911. The van der Waals surface area contributed by atoms with E-state index in [9.17, 15) is 4.79 Å². The van der Waals surface area contributed by atoms with Crippen LogP contribution in [0.2, 0.25) is 0 Å². The van der Waals surface area contributed by atoms with Crippen LogP contribution in [0.15, 0.2) is 12.3 Å². The molecular weight excluding hydrogens is 302 g/mol. The van der Waals surface area contributed by atoms with Crippen LogP contribution in [0.4, 0.5) is 5.69 Å². The summed E-state index contributed by atoms with van der Waals surface area (Å²) in [6.45, 7) is 2.74. The number of nitrogen functional groups attached to an aromatic ring is 1. The van der Waals surface area contributed by atoms with Gasteiger partial charge >= 0.3 is 0 Å². The predicted octanol–water partition coefficient (Wildman–Crippen LogP) is 3.06. The number of nitrogens with zero attached hydrogens (tertiary/aromatic N) is 1. The Morgan fingerprint density at radius 1 is 1.48 bits per heavy atom. The minimum atomic E-state index is -0.0619. The van der Waals surface area contributed by atoms with E-state index >= 15 is 0 Å². The number of thioether (sulfide) groups is 1. The van der Waals surface area contributed by atoms with Crippen molar-refractivity contribution >= 4 is 44.9 Å². The largest absolute Gasteiger partial charge is 0.397 e. The normalized spacial score (nSPS) is 16.2. The second-order valence-corrected chi connectivity index (χ2v) is 7.64. The molecule has 112 valence electrons. The maximum absolute atomic E-state index is 12.4. The molecule has 6 heteroatoms. The van der Waals surface area contributed by atoms with Crippen molar-refractivity contribution in [3.63, 3.8) is 0 Å². The lowest BCUT2D eigenvalue weighted by molar-refractivity contribution is 0.0951. The van der Waals surface area contributed by atoms with Crippen molar-refractivity contribution < 1.29 is 4.79 Å². The third-order valence-corrected chi connectivity index (χ3v) is 6.10. The Morgan fingerprint density at radius 2 is 2.24 bits per heavy atom. The molecule has 0 aromatic carbocycles. The molecule has 1 aliphatic heterocycles. The molecule has 0 spiro atoms. The minimum absolute atomic E-state index is 0.0619. The molecule has 3 rings (SSSR count). The molecular formula is C15H19N3OS2. The maximum Gasteiger partial charge on any atom is 0.263 e. The fourth-order valence-electron chi connectivity index (χ4n) is 2.64. The van der Waals surface area contributed by atoms with Crippen LogP contribution >= 0.6 is 23.1 Å². The first-order valence-corrected chi connectivity index (χ1v) is 9.13. The van der Waals surface area contributed by atoms with E-state index in [0.29, 0.717) is 16.5 Å². The third kappa shape index (κ3) is 3.01. The highest BCUT2D eigenvalue weighted by Gasteiger charge is 2.20. The van der Waals surface area contributed by atoms with Crippen LogP contribution in [0.3, 0.4) is 0 Å². The lowest BCUT2D eigenvalue weighted by Gasteiger charge is -2.21. The number of hydrogen-bond donors (Lipinski definition) is 2. The first kappa shape index (κ1) is 14.7. The number of aromatic nitrogens is 1. The summed E-state index contributed by atoms with van der Waals surface area (Å²) in [5.41, 5.74) is 7.79. The number of hydrogen-bond acceptors (Lipinski definition) is 5. The molecule has 0 aliphatic carbocycles. The van der Waals surface area contributed by atoms with E-state index in [1.54, 1.807) is 6.20 Å². The van der Waals surface area contributed by atoms with Gasteiger partial charge in [0.05, 0.1) is 5.69 Å². The molecule has 0 saturated carbocycles. The Bertz CT molecular complexity index is 662. The highest BCUT2D eigenvalue weighted by atomic mass is 32.2. The molecule has 21 heavy (non-hydrogen) atoms. The number of thiophene rings is 1. The number of anilines is 1. The standard InChI is InChI=1S/C15H19N3OS2/c1-9-2-5-17-15-11(9)12(16)13(21-15)14(19)18-8-10-3-6-20-7-4-10/h2,5,10H,3-4,6-8,16H2,1H3,(H,18,19). The molecule has 1 amide bonds. The smallest absolute Gasteiger partial charge is 0.263 e. The maximum atomic E-state index is 12.4. The molecule has 0 atom stereocenters. The van der Waals surface area contributed by atoms with Crippen molar-refractivity contribution in [1.29, 1.82) is 0 Å². The van der Waals surface area contributed by atoms with Crippen molar-refractivity contribution in [3.05, 3.63) is 22.7 Å². The summed E-state index contributed by atoms with van der Waals surface area (Å²) in [7, 11) is 0. The van der Waals surface area contributed by atoms with Gasteiger partial charge in [-0.05, 0) is 48.8 Å². The number of rotatable bonds is 3. The topological polar surface area (TPSA) is 68.0 Å². The van der Waals surface area contributed by atoms with Gasteiger partial charge in [-0.2, -0.15) is 11.8 Å². The third-order valence-electron chi connectivity index (χ3n) is 3.94. The molecule has 1 fully saturated rings. The lowest BCUT2D eigenvalue weighted by atomic mass is 10.0. The fourth-order valence-corrected chi connectivity index (χ4v) is 4.90. The molecule has 3 N–H and O–H groups in total. The van der Waals surface area contributed by atoms with Crippen molar-refractivity contribution in [3.8, 4) is 0 Å². The van der Waals surface area contributed by atoms with Crippen LogP contribution in [-0.4, -0.2) is 28.9 Å². The molecule has 1 saturated heterocycles. The van der Waals surface area contributed by atoms with E-state index in [2.05, 4.69) is 10.3 Å². The van der Waals surface area contributed by atoms with Gasteiger partial charge in [0.1, 0.15) is 9.71 Å². The van der Waals surface area contributed by atoms with Crippen molar-refractivity contribution in [1.82, 2.24) is 10.3 Å².